The number of imide groups is 1. The Morgan fingerprint density at radius 3 is 1.92 bits per heavy atom. The van der Waals surface area contributed by atoms with Crippen molar-refractivity contribution in [3.63, 3.8) is 0 Å². The van der Waals surface area contributed by atoms with Crippen LogP contribution in [-0.2, 0) is 19.8 Å². The number of rotatable bonds is 2. The van der Waals surface area contributed by atoms with E-state index in [-0.39, 0.29) is 11.1 Å². The molecule has 0 aliphatic carbocycles. The van der Waals surface area contributed by atoms with Gasteiger partial charge in [0.15, 0.2) is 0 Å². The number of nitrogens with one attached hydrogen (secondary N) is 1. The lowest BCUT2D eigenvalue weighted by molar-refractivity contribution is -0.136. The van der Waals surface area contributed by atoms with Crippen LogP contribution in [-0.4, -0.2) is 17.7 Å². The number of hydrogen-bond acceptors (Lipinski definition) is 4. The van der Waals surface area contributed by atoms with Gasteiger partial charge in [0.1, 0.15) is 0 Å². The summed E-state index contributed by atoms with van der Waals surface area (Å²) in [6, 6.07) is 13.4. The number of carbonyl (C=O) groups excluding carboxylic acids is 3. The normalized spacial score (nSPS) is 10.9. The number of anilines is 3. The average Bonchev–Trinajstić information content (AvgIpc) is 2.56. The second kappa shape index (κ2) is 7.39. The van der Waals surface area contributed by atoms with E-state index in [1.54, 1.807) is 24.3 Å². The third-order valence-electron chi connectivity index (χ3n) is 3.87. The zero-order valence-electron chi connectivity index (χ0n) is 15.4. The molecule has 6 heteroatoms. The Morgan fingerprint density at radius 1 is 0.923 bits per heavy atom. The zero-order chi connectivity index (χ0) is 19.5. The molecule has 0 saturated heterocycles. The van der Waals surface area contributed by atoms with Crippen LogP contribution in [0.3, 0.4) is 0 Å². The van der Waals surface area contributed by atoms with Gasteiger partial charge in [0, 0.05) is 18.3 Å². The lowest BCUT2D eigenvalue weighted by atomic mass is 9.87. The molecule has 0 unspecified atom stereocenters. The number of carbonyl (C=O) groups is 3. The van der Waals surface area contributed by atoms with Crippen LogP contribution in [0.2, 0.25) is 0 Å². The highest BCUT2D eigenvalue weighted by Gasteiger charge is 2.27. The molecule has 0 aliphatic rings. The second-order valence-electron chi connectivity index (χ2n) is 7.03. The van der Waals surface area contributed by atoms with Crippen molar-refractivity contribution in [1.82, 2.24) is 0 Å². The van der Waals surface area contributed by atoms with E-state index in [4.69, 9.17) is 5.73 Å². The van der Waals surface area contributed by atoms with Crippen LogP contribution in [0.25, 0.3) is 0 Å². The van der Waals surface area contributed by atoms with Gasteiger partial charge in [-0.15, -0.1) is 0 Å². The minimum Gasteiger partial charge on any atom is -0.399 e. The summed E-state index contributed by atoms with van der Waals surface area (Å²) in [5.74, 6) is -2.40. The van der Waals surface area contributed by atoms with E-state index in [1.165, 1.54) is 19.1 Å². The maximum Gasteiger partial charge on any atom is 0.323 e. The van der Waals surface area contributed by atoms with Crippen LogP contribution in [0.1, 0.15) is 33.3 Å². The van der Waals surface area contributed by atoms with Crippen LogP contribution < -0.4 is 16.0 Å². The number of nitrogens with zero attached hydrogens (tertiary/aromatic N) is 1. The van der Waals surface area contributed by atoms with Crippen LogP contribution in [0.15, 0.2) is 48.5 Å². The summed E-state index contributed by atoms with van der Waals surface area (Å²) in [5, 5.41) is 2.53. The summed E-state index contributed by atoms with van der Waals surface area (Å²) in [4.78, 5) is 37.5. The Labute approximate surface area is 153 Å². The number of amides is 3. The summed E-state index contributed by atoms with van der Waals surface area (Å²) >= 11 is 0. The van der Waals surface area contributed by atoms with Crippen molar-refractivity contribution in [2.24, 2.45) is 0 Å². The fourth-order valence-electron chi connectivity index (χ4n) is 2.41. The fourth-order valence-corrected chi connectivity index (χ4v) is 2.41. The maximum atomic E-state index is 12.5. The van der Waals surface area contributed by atoms with Crippen LogP contribution in [0.5, 0.6) is 0 Å². The first-order chi connectivity index (χ1) is 12.1. The first-order valence-corrected chi connectivity index (χ1v) is 8.21. The van der Waals surface area contributed by atoms with E-state index in [0.29, 0.717) is 11.4 Å². The molecule has 0 bridgehead atoms. The molecular formula is C20H23N3O3. The Hall–Kier alpha value is -3.15. The van der Waals surface area contributed by atoms with Gasteiger partial charge in [-0.05, 0) is 47.4 Å². The number of nitrogen functional groups attached to an aromatic ring is 1. The first-order valence-electron chi connectivity index (χ1n) is 8.21. The third kappa shape index (κ3) is 4.47. The summed E-state index contributed by atoms with van der Waals surface area (Å²) in [7, 11) is 0. The molecule has 0 spiro atoms. The van der Waals surface area contributed by atoms with Crippen LogP contribution in [0.4, 0.5) is 17.1 Å². The van der Waals surface area contributed by atoms with Crippen LogP contribution in [0, 0.1) is 0 Å². The molecule has 0 fully saturated rings. The SMILES string of the molecule is CC(=O)N(C(=O)C(=O)Nc1ccc(C(C)(C)C)cc1)c1ccc(N)cc1. The van der Waals surface area contributed by atoms with Crippen molar-refractivity contribution in [2.75, 3.05) is 16.0 Å². The lowest BCUT2D eigenvalue weighted by Gasteiger charge is -2.20. The van der Waals surface area contributed by atoms with Gasteiger partial charge < -0.3 is 11.1 Å². The first kappa shape index (κ1) is 19.2. The zero-order valence-corrected chi connectivity index (χ0v) is 15.4. The molecule has 0 radical (unpaired) electrons. The van der Waals surface area contributed by atoms with Gasteiger partial charge in [-0.25, -0.2) is 4.90 Å². The summed E-state index contributed by atoms with van der Waals surface area (Å²) in [5.41, 5.74) is 7.97. The van der Waals surface area contributed by atoms with E-state index >= 15 is 0 Å². The molecule has 0 saturated carbocycles. The molecule has 136 valence electrons. The van der Waals surface area contributed by atoms with Gasteiger partial charge in [-0.2, -0.15) is 0 Å². The van der Waals surface area contributed by atoms with Crippen molar-refractivity contribution >= 4 is 34.8 Å². The summed E-state index contributed by atoms with van der Waals surface area (Å²) in [6.45, 7) is 7.48. The van der Waals surface area contributed by atoms with Gasteiger partial charge in [-0.3, -0.25) is 14.4 Å². The monoisotopic (exact) mass is 353 g/mol. The smallest absolute Gasteiger partial charge is 0.323 e. The fraction of sp³-hybridized carbons (Fsp3) is 0.250. The van der Waals surface area contributed by atoms with Crippen molar-refractivity contribution in [1.29, 1.82) is 0 Å². The maximum absolute atomic E-state index is 12.5. The van der Waals surface area contributed by atoms with Crippen molar-refractivity contribution < 1.29 is 14.4 Å². The number of nitrogens with two attached hydrogens (primary N) is 1. The van der Waals surface area contributed by atoms with E-state index in [1.807, 2.05) is 12.1 Å². The molecule has 0 heterocycles. The Kier molecular flexibility index (Phi) is 5.45. The molecule has 2 rings (SSSR count). The summed E-state index contributed by atoms with van der Waals surface area (Å²) < 4.78 is 0. The van der Waals surface area contributed by atoms with Gasteiger partial charge in [0.05, 0.1) is 5.69 Å². The molecule has 2 aromatic rings. The quantitative estimate of drug-likeness (QED) is 0.641. The Morgan fingerprint density at radius 2 is 1.46 bits per heavy atom. The van der Waals surface area contributed by atoms with E-state index in [0.717, 1.165) is 10.5 Å². The highest BCUT2D eigenvalue weighted by molar-refractivity contribution is 6.48. The molecule has 2 aromatic carbocycles. The Bertz CT molecular complexity index is 819. The van der Waals surface area contributed by atoms with E-state index in [2.05, 4.69) is 26.1 Å². The average molecular weight is 353 g/mol. The standard InChI is InChI=1S/C20H23N3O3/c1-13(24)23(17-11-7-15(21)8-12-17)19(26)18(25)22-16-9-5-14(6-10-16)20(2,3)4/h5-12H,21H2,1-4H3,(H,22,25). The van der Waals surface area contributed by atoms with Crippen molar-refractivity contribution in [3.05, 3.63) is 54.1 Å². The third-order valence-corrected chi connectivity index (χ3v) is 3.87. The summed E-state index contributed by atoms with van der Waals surface area (Å²) in [6.07, 6.45) is 0. The lowest BCUT2D eigenvalue weighted by Crippen LogP contribution is -2.42. The van der Waals surface area contributed by atoms with Gasteiger partial charge in [0.25, 0.3) is 0 Å². The number of hydrogen-bond donors (Lipinski definition) is 2. The molecule has 3 N–H and O–H groups in total. The topological polar surface area (TPSA) is 92.5 Å². The minimum atomic E-state index is -0.956. The minimum absolute atomic E-state index is 0.0149. The van der Waals surface area contributed by atoms with Gasteiger partial charge in [-0.1, -0.05) is 32.9 Å². The molecule has 26 heavy (non-hydrogen) atoms. The molecule has 0 aromatic heterocycles. The largest absolute Gasteiger partial charge is 0.399 e. The molecule has 0 aliphatic heterocycles. The van der Waals surface area contributed by atoms with Gasteiger partial charge >= 0.3 is 11.8 Å². The molecular weight excluding hydrogens is 330 g/mol. The second-order valence-corrected chi connectivity index (χ2v) is 7.03. The highest BCUT2D eigenvalue weighted by Crippen LogP contribution is 2.23. The van der Waals surface area contributed by atoms with Crippen molar-refractivity contribution in [2.45, 2.75) is 33.1 Å². The van der Waals surface area contributed by atoms with Crippen molar-refractivity contribution in [3.8, 4) is 0 Å². The van der Waals surface area contributed by atoms with E-state index < -0.39 is 17.7 Å². The number of benzene rings is 2. The van der Waals surface area contributed by atoms with Crippen LogP contribution >= 0.6 is 0 Å². The Balaban J connectivity index is 2.17. The predicted molar refractivity (Wildman–Crippen MR) is 103 cm³/mol. The van der Waals surface area contributed by atoms with E-state index in [9.17, 15) is 14.4 Å². The molecule has 0 atom stereocenters. The predicted octanol–water partition coefficient (Wildman–Crippen LogP) is 3.08. The molecule has 6 nitrogen and oxygen atoms in total. The molecule has 3 amide bonds. The highest BCUT2D eigenvalue weighted by atomic mass is 16.2. The van der Waals surface area contributed by atoms with Gasteiger partial charge in [0.2, 0.25) is 5.91 Å².